The van der Waals surface area contributed by atoms with Gasteiger partial charge in [-0.1, -0.05) is 6.92 Å². The van der Waals surface area contributed by atoms with Gasteiger partial charge in [0, 0.05) is 6.42 Å². The van der Waals surface area contributed by atoms with Gasteiger partial charge in [-0.2, -0.15) is 8.78 Å². The minimum atomic E-state index is -3.55. The Morgan fingerprint density at radius 2 is 2.22 bits per heavy atom. The summed E-state index contributed by atoms with van der Waals surface area (Å²) in [5, 5.41) is 0. The van der Waals surface area contributed by atoms with Crippen molar-refractivity contribution in [3.63, 3.8) is 0 Å². The zero-order valence-corrected chi connectivity index (χ0v) is 5.41. The summed E-state index contributed by atoms with van der Waals surface area (Å²) in [6.07, 6.45) is -4.20. The number of halogens is 2. The molecule has 0 aromatic carbocycles. The third-order valence-electron chi connectivity index (χ3n) is 0.602. The van der Waals surface area contributed by atoms with Crippen LogP contribution in [0.3, 0.4) is 0 Å². The molecule has 56 valence electrons. The molecule has 0 aromatic heterocycles. The average molecular weight is 159 g/mol. The lowest BCUT2D eigenvalue weighted by atomic mass is 10.5. The van der Waals surface area contributed by atoms with E-state index < -0.39 is 23.9 Å². The molecule has 1 atom stereocenters. The summed E-state index contributed by atoms with van der Waals surface area (Å²) in [5.74, 6) is 0. The molecule has 0 N–H and O–H groups in total. The molecular formula is C3H5F2O3S-. The molecule has 0 saturated heterocycles. The summed E-state index contributed by atoms with van der Waals surface area (Å²) in [6, 6.07) is 0. The summed E-state index contributed by atoms with van der Waals surface area (Å²) in [5.41, 5.74) is 0. The van der Waals surface area contributed by atoms with Gasteiger partial charge < -0.3 is 4.55 Å². The van der Waals surface area contributed by atoms with E-state index in [-0.39, 0.29) is 0 Å². The van der Waals surface area contributed by atoms with Gasteiger partial charge in [-0.25, -0.2) is 8.39 Å². The lowest BCUT2D eigenvalue weighted by Gasteiger charge is -2.14. The zero-order valence-electron chi connectivity index (χ0n) is 4.60. The number of alkyl halides is 2. The van der Waals surface area contributed by atoms with Gasteiger partial charge in [0.25, 0.3) is 0 Å². The van der Waals surface area contributed by atoms with Crippen molar-refractivity contribution in [3.8, 4) is 0 Å². The molecule has 0 heterocycles. The van der Waals surface area contributed by atoms with Crippen molar-refractivity contribution in [2.75, 3.05) is 0 Å². The summed E-state index contributed by atoms with van der Waals surface area (Å²) in [7, 11) is 0. The molecule has 9 heavy (non-hydrogen) atoms. The smallest absolute Gasteiger partial charge is 0.366 e. The van der Waals surface area contributed by atoms with E-state index in [1.807, 2.05) is 0 Å². The topological polar surface area (TPSA) is 49.4 Å². The predicted octanol–water partition coefficient (Wildman–Crippen LogP) is 0.800. The quantitative estimate of drug-likeness (QED) is 0.572. The molecule has 0 aliphatic heterocycles. The second kappa shape index (κ2) is 3.19. The Kier molecular flexibility index (Phi) is 3.16. The maximum atomic E-state index is 11.8. The molecule has 0 saturated carbocycles. The van der Waals surface area contributed by atoms with Crippen molar-refractivity contribution in [2.24, 2.45) is 0 Å². The van der Waals surface area contributed by atoms with Gasteiger partial charge in [0.15, 0.2) is 0 Å². The van der Waals surface area contributed by atoms with Gasteiger partial charge in [-0.3, -0.25) is 0 Å². The molecule has 0 amide bonds. The fourth-order valence-electron chi connectivity index (χ4n) is 0.158. The van der Waals surface area contributed by atoms with Gasteiger partial charge >= 0.3 is 6.11 Å². The molecule has 1 unspecified atom stereocenters. The Bertz CT molecular complexity index is 116. The van der Waals surface area contributed by atoms with Crippen LogP contribution in [-0.4, -0.2) is 14.9 Å². The summed E-state index contributed by atoms with van der Waals surface area (Å²) in [6.45, 7) is 1.12. The van der Waals surface area contributed by atoms with E-state index in [0.717, 1.165) is 6.92 Å². The Hall–Kier alpha value is -0.0700. The van der Waals surface area contributed by atoms with E-state index in [2.05, 4.69) is 4.18 Å². The molecule has 0 fully saturated rings. The molecule has 0 aromatic rings. The second-order valence-corrected chi connectivity index (χ2v) is 1.85. The molecular weight excluding hydrogens is 154 g/mol. The summed E-state index contributed by atoms with van der Waals surface area (Å²) < 4.78 is 45.7. The van der Waals surface area contributed by atoms with Gasteiger partial charge in [-0.15, -0.1) is 0 Å². The summed E-state index contributed by atoms with van der Waals surface area (Å²) >= 11 is -3.13. The maximum absolute atomic E-state index is 11.8. The van der Waals surface area contributed by atoms with Gasteiger partial charge in [0.2, 0.25) is 0 Å². The van der Waals surface area contributed by atoms with E-state index in [4.69, 9.17) is 0 Å². The van der Waals surface area contributed by atoms with Crippen molar-refractivity contribution in [1.82, 2.24) is 0 Å². The van der Waals surface area contributed by atoms with Crippen LogP contribution in [0.1, 0.15) is 13.3 Å². The fourth-order valence-corrected chi connectivity index (χ4v) is 0.475. The van der Waals surface area contributed by atoms with Gasteiger partial charge in [-0.05, 0) is 0 Å². The van der Waals surface area contributed by atoms with Crippen molar-refractivity contribution in [2.45, 2.75) is 19.5 Å². The summed E-state index contributed by atoms with van der Waals surface area (Å²) in [4.78, 5) is 0. The molecule has 0 radical (unpaired) electrons. The predicted molar refractivity (Wildman–Crippen MR) is 25.2 cm³/mol. The number of hydrogen-bond donors (Lipinski definition) is 0. The third kappa shape index (κ3) is 4.43. The Labute approximate surface area is 53.5 Å². The van der Waals surface area contributed by atoms with E-state index in [0.29, 0.717) is 0 Å². The second-order valence-electron chi connectivity index (χ2n) is 1.28. The highest BCUT2D eigenvalue weighted by atomic mass is 32.2. The van der Waals surface area contributed by atoms with Crippen molar-refractivity contribution in [1.29, 1.82) is 0 Å². The minimum Gasteiger partial charge on any atom is -0.750 e. The van der Waals surface area contributed by atoms with Crippen LogP contribution in [0.25, 0.3) is 0 Å². The van der Waals surface area contributed by atoms with E-state index in [1.54, 1.807) is 0 Å². The van der Waals surface area contributed by atoms with Crippen LogP contribution >= 0.6 is 0 Å². The first kappa shape index (κ1) is 8.93. The average Bonchev–Trinajstić information content (AvgIpc) is 1.63. The van der Waals surface area contributed by atoms with Crippen LogP contribution in [0.2, 0.25) is 0 Å². The Morgan fingerprint density at radius 3 is 2.33 bits per heavy atom. The highest BCUT2D eigenvalue weighted by molar-refractivity contribution is 7.74. The Balaban J connectivity index is 3.71. The van der Waals surface area contributed by atoms with E-state index in [9.17, 15) is 17.5 Å². The Morgan fingerprint density at radius 1 is 1.78 bits per heavy atom. The van der Waals surface area contributed by atoms with Crippen LogP contribution in [0.15, 0.2) is 0 Å². The number of hydrogen-bond acceptors (Lipinski definition) is 3. The van der Waals surface area contributed by atoms with Gasteiger partial charge in [0.1, 0.15) is 0 Å². The highest BCUT2D eigenvalue weighted by Gasteiger charge is 2.27. The van der Waals surface area contributed by atoms with Crippen molar-refractivity contribution >= 4 is 11.4 Å². The highest BCUT2D eigenvalue weighted by Crippen LogP contribution is 2.19. The normalized spacial score (nSPS) is 15.6. The first-order valence-electron chi connectivity index (χ1n) is 2.14. The van der Waals surface area contributed by atoms with E-state index >= 15 is 0 Å². The van der Waals surface area contributed by atoms with Crippen molar-refractivity contribution in [3.05, 3.63) is 0 Å². The maximum Gasteiger partial charge on any atom is 0.366 e. The first-order chi connectivity index (χ1) is 3.98. The first-order valence-corrected chi connectivity index (χ1v) is 3.14. The molecule has 0 bridgehead atoms. The monoisotopic (exact) mass is 159 g/mol. The number of rotatable bonds is 3. The van der Waals surface area contributed by atoms with Crippen LogP contribution in [0.4, 0.5) is 8.78 Å². The van der Waals surface area contributed by atoms with Crippen LogP contribution in [0, 0.1) is 0 Å². The van der Waals surface area contributed by atoms with Crippen LogP contribution in [-0.2, 0) is 15.5 Å². The third-order valence-corrected chi connectivity index (χ3v) is 0.981. The van der Waals surface area contributed by atoms with E-state index in [1.165, 1.54) is 0 Å². The molecule has 3 nitrogen and oxygen atoms in total. The lowest BCUT2D eigenvalue weighted by molar-refractivity contribution is -0.174. The lowest BCUT2D eigenvalue weighted by Crippen LogP contribution is -2.20. The fraction of sp³-hybridized carbons (Fsp3) is 1.00. The molecule has 0 spiro atoms. The SMILES string of the molecule is CCC(F)(F)OS(=O)[O-]. The molecule has 0 aliphatic rings. The molecule has 0 aliphatic carbocycles. The largest absolute Gasteiger partial charge is 0.750 e. The molecule has 6 heteroatoms. The standard InChI is InChI=1S/C3H6F2O3S/c1-2-3(4,5)8-9(6)7/h2H2,1H3,(H,6,7)/p-1. The van der Waals surface area contributed by atoms with Gasteiger partial charge in [0.05, 0.1) is 11.4 Å². The zero-order chi connectivity index (χ0) is 7.49. The van der Waals surface area contributed by atoms with Crippen LogP contribution < -0.4 is 0 Å². The van der Waals surface area contributed by atoms with Crippen molar-refractivity contribution < 1.29 is 21.7 Å². The molecule has 0 rings (SSSR count). The minimum absolute atomic E-state index is 0.652. The van der Waals surface area contributed by atoms with Crippen LogP contribution in [0.5, 0.6) is 0 Å².